The molecule has 0 saturated heterocycles. The number of aryl methyl sites for hydroxylation is 1. The maximum atomic E-state index is 4.77. The van der Waals surface area contributed by atoms with Crippen molar-refractivity contribution >= 4 is 5.96 Å². The standard InChI is InChI=1S/C19H25N5/c1-3-20-19(22-17-9-5-6-10-17)21-14-16-8-4-7-11-18(16)24-13-12-15(2)23-24/h4-8,11-13,17H,3,9-10,14H2,1-2H3,(H2,20,21,22). The van der Waals surface area contributed by atoms with Crippen molar-refractivity contribution in [2.75, 3.05) is 6.54 Å². The van der Waals surface area contributed by atoms with E-state index in [9.17, 15) is 0 Å². The Kier molecular flexibility index (Phi) is 5.31. The number of guanidine groups is 1. The minimum Gasteiger partial charge on any atom is -0.357 e. The molecule has 0 spiro atoms. The van der Waals surface area contributed by atoms with Crippen LogP contribution < -0.4 is 10.6 Å². The molecule has 0 radical (unpaired) electrons. The van der Waals surface area contributed by atoms with Gasteiger partial charge in [0.25, 0.3) is 0 Å². The van der Waals surface area contributed by atoms with Gasteiger partial charge >= 0.3 is 0 Å². The van der Waals surface area contributed by atoms with E-state index in [4.69, 9.17) is 4.99 Å². The molecule has 1 heterocycles. The number of rotatable bonds is 5. The minimum atomic E-state index is 0.451. The molecule has 0 atom stereocenters. The lowest BCUT2D eigenvalue weighted by atomic mass is 10.2. The second-order valence-corrected chi connectivity index (χ2v) is 6.01. The first-order valence-electron chi connectivity index (χ1n) is 8.56. The van der Waals surface area contributed by atoms with Crippen LogP contribution in [0.15, 0.2) is 53.7 Å². The van der Waals surface area contributed by atoms with E-state index in [1.807, 2.05) is 36.0 Å². The maximum absolute atomic E-state index is 4.77. The number of nitrogens with zero attached hydrogens (tertiary/aromatic N) is 3. The largest absolute Gasteiger partial charge is 0.357 e. The van der Waals surface area contributed by atoms with Crippen LogP contribution >= 0.6 is 0 Å². The molecule has 1 aliphatic rings. The van der Waals surface area contributed by atoms with E-state index >= 15 is 0 Å². The smallest absolute Gasteiger partial charge is 0.191 e. The Hall–Kier alpha value is -2.56. The van der Waals surface area contributed by atoms with Gasteiger partial charge in [-0.15, -0.1) is 0 Å². The summed E-state index contributed by atoms with van der Waals surface area (Å²) in [5.41, 5.74) is 3.24. The fourth-order valence-corrected chi connectivity index (χ4v) is 2.83. The second kappa shape index (κ2) is 7.81. The van der Waals surface area contributed by atoms with Gasteiger partial charge in [-0.25, -0.2) is 9.67 Å². The monoisotopic (exact) mass is 323 g/mol. The van der Waals surface area contributed by atoms with Gasteiger partial charge < -0.3 is 10.6 Å². The summed E-state index contributed by atoms with van der Waals surface area (Å²) in [5.74, 6) is 0.873. The molecule has 0 unspecified atom stereocenters. The Morgan fingerprint density at radius 1 is 1.25 bits per heavy atom. The zero-order valence-electron chi connectivity index (χ0n) is 14.4. The summed E-state index contributed by atoms with van der Waals surface area (Å²) < 4.78 is 1.92. The van der Waals surface area contributed by atoms with Crippen LogP contribution in [0.2, 0.25) is 0 Å². The fraction of sp³-hybridized carbons (Fsp3) is 0.368. The highest BCUT2D eigenvalue weighted by Crippen LogP contribution is 2.15. The molecule has 0 aliphatic heterocycles. The number of benzene rings is 1. The number of hydrogen-bond acceptors (Lipinski definition) is 2. The van der Waals surface area contributed by atoms with E-state index in [1.165, 1.54) is 0 Å². The molecule has 0 fully saturated rings. The third-order valence-corrected chi connectivity index (χ3v) is 4.06. The van der Waals surface area contributed by atoms with Crippen molar-refractivity contribution in [3.63, 3.8) is 0 Å². The maximum Gasteiger partial charge on any atom is 0.191 e. The van der Waals surface area contributed by atoms with Crippen LogP contribution in [0.25, 0.3) is 5.69 Å². The normalized spacial score (nSPS) is 15.0. The van der Waals surface area contributed by atoms with Crippen molar-refractivity contribution in [2.45, 2.75) is 39.3 Å². The van der Waals surface area contributed by atoms with E-state index in [0.29, 0.717) is 12.6 Å². The Morgan fingerprint density at radius 3 is 2.75 bits per heavy atom. The molecule has 126 valence electrons. The van der Waals surface area contributed by atoms with Crippen molar-refractivity contribution in [2.24, 2.45) is 4.99 Å². The molecular weight excluding hydrogens is 298 g/mol. The van der Waals surface area contributed by atoms with Gasteiger partial charge in [0.05, 0.1) is 17.9 Å². The van der Waals surface area contributed by atoms with E-state index in [-0.39, 0.29) is 0 Å². The first-order chi connectivity index (χ1) is 11.8. The topological polar surface area (TPSA) is 54.2 Å². The lowest BCUT2D eigenvalue weighted by Crippen LogP contribution is -2.42. The third kappa shape index (κ3) is 4.04. The Labute approximate surface area is 143 Å². The quantitative estimate of drug-likeness (QED) is 0.505. The summed E-state index contributed by atoms with van der Waals surface area (Å²) in [5, 5.41) is 11.4. The van der Waals surface area contributed by atoms with Crippen molar-refractivity contribution in [3.05, 3.63) is 59.9 Å². The van der Waals surface area contributed by atoms with Gasteiger partial charge in [-0.1, -0.05) is 30.4 Å². The molecular formula is C19H25N5. The second-order valence-electron chi connectivity index (χ2n) is 6.01. The number of aromatic nitrogens is 2. The number of para-hydroxylation sites is 1. The van der Waals surface area contributed by atoms with Crippen LogP contribution in [0, 0.1) is 6.92 Å². The van der Waals surface area contributed by atoms with Gasteiger partial charge in [-0.05, 0) is 44.4 Å². The summed E-state index contributed by atoms with van der Waals surface area (Å²) >= 11 is 0. The van der Waals surface area contributed by atoms with E-state index in [2.05, 4.69) is 46.9 Å². The highest BCUT2D eigenvalue weighted by Gasteiger charge is 2.12. The molecule has 0 amide bonds. The van der Waals surface area contributed by atoms with Crippen molar-refractivity contribution in [3.8, 4) is 5.69 Å². The van der Waals surface area contributed by atoms with Gasteiger partial charge in [0.2, 0.25) is 0 Å². The van der Waals surface area contributed by atoms with Crippen LogP contribution in [0.4, 0.5) is 0 Å². The highest BCUT2D eigenvalue weighted by molar-refractivity contribution is 5.80. The van der Waals surface area contributed by atoms with Crippen LogP contribution in [-0.4, -0.2) is 28.3 Å². The Bertz CT molecular complexity index is 721. The molecule has 5 nitrogen and oxygen atoms in total. The summed E-state index contributed by atoms with van der Waals surface area (Å²) in [6.07, 6.45) is 8.56. The zero-order valence-corrected chi connectivity index (χ0v) is 14.4. The average Bonchev–Trinajstić information content (AvgIpc) is 3.25. The van der Waals surface area contributed by atoms with Gasteiger partial charge in [0, 0.05) is 18.8 Å². The predicted molar refractivity (Wildman–Crippen MR) is 98.4 cm³/mol. The number of aliphatic imine (C=N–C) groups is 1. The third-order valence-electron chi connectivity index (χ3n) is 4.06. The minimum absolute atomic E-state index is 0.451. The fourth-order valence-electron chi connectivity index (χ4n) is 2.83. The molecule has 3 rings (SSSR count). The van der Waals surface area contributed by atoms with Crippen molar-refractivity contribution in [1.82, 2.24) is 20.4 Å². The summed E-state index contributed by atoms with van der Waals surface area (Å²) in [6.45, 7) is 5.56. The Balaban J connectivity index is 1.76. The van der Waals surface area contributed by atoms with E-state index in [0.717, 1.165) is 42.3 Å². The molecule has 0 saturated carbocycles. The van der Waals surface area contributed by atoms with Crippen LogP contribution in [-0.2, 0) is 6.54 Å². The molecule has 1 aromatic carbocycles. The van der Waals surface area contributed by atoms with Crippen molar-refractivity contribution in [1.29, 1.82) is 0 Å². The lowest BCUT2D eigenvalue weighted by Gasteiger charge is -2.17. The summed E-state index contributed by atoms with van der Waals surface area (Å²) in [6, 6.07) is 10.7. The van der Waals surface area contributed by atoms with E-state index < -0.39 is 0 Å². The van der Waals surface area contributed by atoms with Gasteiger partial charge in [0.15, 0.2) is 5.96 Å². The number of hydrogen-bond donors (Lipinski definition) is 2. The predicted octanol–water partition coefficient (Wildman–Crippen LogP) is 2.95. The zero-order chi connectivity index (χ0) is 16.8. The molecule has 24 heavy (non-hydrogen) atoms. The van der Waals surface area contributed by atoms with Gasteiger partial charge in [-0.2, -0.15) is 5.10 Å². The molecule has 1 aliphatic carbocycles. The Morgan fingerprint density at radius 2 is 2.04 bits per heavy atom. The molecule has 1 aromatic heterocycles. The first kappa shape index (κ1) is 16.3. The van der Waals surface area contributed by atoms with Crippen LogP contribution in [0.5, 0.6) is 0 Å². The van der Waals surface area contributed by atoms with Crippen LogP contribution in [0.1, 0.15) is 31.0 Å². The summed E-state index contributed by atoms with van der Waals surface area (Å²) in [4.78, 5) is 4.77. The number of nitrogens with one attached hydrogen (secondary N) is 2. The lowest BCUT2D eigenvalue weighted by molar-refractivity contribution is 0.633. The molecule has 2 aromatic rings. The molecule has 0 bridgehead atoms. The van der Waals surface area contributed by atoms with Gasteiger partial charge in [0.1, 0.15) is 0 Å². The van der Waals surface area contributed by atoms with E-state index in [1.54, 1.807) is 0 Å². The highest BCUT2D eigenvalue weighted by atomic mass is 15.3. The average molecular weight is 323 g/mol. The molecule has 2 N–H and O–H groups in total. The van der Waals surface area contributed by atoms with Gasteiger partial charge in [-0.3, -0.25) is 0 Å². The first-order valence-corrected chi connectivity index (χ1v) is 8.56. The molecule has 5 heteroatoms. The van der Waals surface area contributed by atoms with Crippen molar-refractivity contribution < 1.29 is 0 Å². The van der Waals surface area contributed by atoms with Crippen LogP contribution in [0.3, 0.4) is 0 Å². The summed E-state index contributed by atoms with van der Waals surface area (Å²) in [7, 11) is 0. The SMILES string of the molecule is CCNC(=NCc1ccccc1-n1ccc(C)n1)NC1CC=CC1.